The molecule has 1 heterocycles. The third kappa shape index (κ3) is 3.12. The highest BCUT2D eigenvalue weighted by Gasteiger charge is 2.18. The maximum Gasteiger partial charge on any atom is 0.246 e. The average molecular weight is 311 g/mol. The van der Waals surface area contributed by atoms with Gasteiger partial charge in [0.25, 0.3) is 0 Å². The van der Waals surface area contributed by atoms with Crippen molar-refractivity contribution in [2.45, 2.75) is 13.0 Å². The average Bonchev–Trinajstić information content (AvgIpc) is 2.95. The molecule has 2 aromatic rings. The third-order valence-corrected chi connectivity index (χ3v) is 4.23. The third-order valence-electron chi connectivity index (χ3n) is 2.87. The second-order valence-corrected chi connectivity index (χ2v) is 5.67. The first kappa shape index (κ1) is 14.8. The zero-order valence-corrected chi connectivity index (χ0v) is 12.7. The van der Waals surface area contributed by atoms with Crippen LogP contribution in [0.1, 0.15) is 16.5 Å². The van der Waals surface area contributed by atoms with E-state index < -0.39 is 6.04 Å². The molecule has 6 heteroatoms. The molecule has 1 amide bonds. The molecule has 0 aliphatic heterocycles. The minimum Gasteiger partial charge on any atom is -0.495 e. The molecule has 1 atom stereocenters. The lowest BCUT2D eigenvalue weighted by atomic mass is 10.2. The van der Waals surface area contributed by atoms with Crippen molar-refractivity contribution >= 4 is 34.5 Å². The highest BCUT2D eigenvalue weighted by Crippen LogP contribution is 2.31. The largest absolute Gasteiger partial charge is 0.495 e. The van der Waals surface area contributed by atoms with Crippen LogP contribution in [0.15, 0.2) is 29.6 Å². The molecule has 106 valence electrons. The molecule has 0 saturated carbocycles. The van der Waals surface area contributed by atoms with Gasteiger partial charge in [-0.25, -0.2) is 0 Å². The highest BCUT2D eigenvalue weighted by molar-refractivity contribution is 7.10. The normalized spacial score (nSPS) is 12.0. The van der Waals surface area contributed by atoms with Crippen LogP contribution in [0, 0.1) is 6.92 Å². The van der Waals surface area contributed by atoms with Gasteiger partial charge in [0.15, 0.2) is 0 Å². The number of aryl methyl sites for hydroxylation is 1. The van der Waals surface area contributed by atoms with Gasteiger partial charge < -0.3 is 15.8 Å². The Morgan fingerprint density at radius 2 is 2.25 bits per heavy atom. The predicted octanol–water partition coefficient (Wildman–Crippen LogP) is 3.36. The summed E-state index contributed by atoms with van der Waals surface area (Å²) >= 11 is 7.48. The molecule has 0 aliphatic carbocycles. The number of hydrogen-bond acceptors (Lipinski definition) is 4. The van der Waals surface area contributed by atoms with Crippen LogP contribution in [-0.2, 0) is 4.79 Å². The molecule has 0 radical (unpaired) electrons. The smallest absolute Gasteiger partial charge is 0.246 e. The van der Waals surface area contributed by atoms with Crippen LogP contribution in [0.4, 0.5) is 5.69 Å². The number of methoxy groups -OCH3 is 1. The molecule has 2 rings (SSSR count). The lowest BCUT2D eigenvalue weighted by Crippen LogP contribution is -2.27. The van der Waals surface area contributed by atoms with Crippen LogP contribution >= 0.6 is 22.9 Å². The van der Waals surface area contributed by atoms with E-state index in [0.29, 0.717) is 16.5 Å². The Morgan fingerprint density at radius 1 is 1.50 bits per heavy atom. The Labute approximate surface area is 126 Å². The fraction of sp³-hybridized carbons (Fsp3) is 0.214. The van der Waals surface area contributed by atoms with Crippen LogP contribution in [0.3, 0.4) is 0 Å². The van der Waals surface area contributed by atoms with E-state index in [1.165, 1.54) is 18.4 Å². The number of carbonyl (C=O) groups is 1. The van der Waals surface area contributed by atoms with Gasteiger partial charge in [0, 0.05) is 16.0 Å². The zero-order chi connectivity index (χ0) is 14.7. The van der Waals surface area contributed by atoms with E-state index in [4.69, 9.17) is 22.1 Å². The van der Waals surface area contributed by atoms with E-state index in [2.05, 4.69) is 5.32 Å². The molecular weight excluding hydrogens is 296 g/mol. The lowest BCUT2D eigenvalue weighted by Gasteiger charge is -2.14. The van der Waals surface area contributed by atoms with Gasteiger partial charge in [0.05, 0.1) is 12.8 Å². The van der Waals surface area contributed by atoms with Crippen LogP contribution in [-0.4, -0.2) is 13.0 Å². The van der Waals surface area contributed by atoms with Crippen molar-refractivity contribution in [2.75, 3.05) is 12.4 Å². The summed E-state index contributed by atoms with van der Waals surface area (Å²) in [7, 11) is 1.52. The second-order valence-electron chi connectivity index (χ2n) is 4.28. The number of carbonyl (C=O) groups excluding carboxylic acids is 1. The van der Waals surface area contributed by atoms with Crippen molar-refractivity contribution in [3.05, 3.63) is 45.1 Å². The second kappa shape index (κ2) is 6.26. The number of hydrogen-bond donors (Lipinski definition) is 2. The zero-order valence-electron chi connectivity index (χ0n) is 11.1. The maximum absolute atomic E-state index is 12.2. The number of halogens is 1. The fourth-order valence-corrected chi connectivity index (χ4v) is 2.62. The van der Waals surface area contributed by atoms with Crippen molar-refractivity contribution in [1.82, 2.24) is 0 Å². The molecule has 0 bridgehead atoms. The molecule has 3 N–H and O–H groups in total. The number of ether oxygens (including phenoxy) is 1. The van der Waals surface area contributed by atoms with E-state index in [1.54, 1.807) is 12.1 Å². The van der Waals surface area contributed by atoms with Crippen molar-refractivity contribution in [1.29, 1.82) is 0 Å². The molecule has 0 aliphatic rings. The first-order valence-corrected chi connectivity index (χ1v) is 7.22. The minimum atomic E-state index is -0.698. The first-order chi connectivity index (χ1) is 9.52. The van der Waals surface area contributed by atoms with Gasteiger partial charge in [-0.1, -0.05) is 17.7 Å². The monoisotopic (exact) mass is 310 g/mol. The molecule has 1 aromatic heterocycles. The summed E-state index contributed by atoms with van der Waals surface area (Å²) in [5, 5.41) is 5.25. The Bertz CT molecular complexity index is 614. The van der Waals surface area contributed by atoms with Crippen molar-refractivity contribution in [3.63, 3.8) is 0 Å². The van der Waals surface area contributed by atoms with Crippen molar-refractivity contribution < 1.29 is 9.53 Å². The topological polar surface area (TPSA) is 64.3 Å². The van der Waals surface area contributed by atoms with E-state index >= 15 is 0 Å². The van der Waals surface area contributed by atoms with Gasteiger partial charge in [0.1, 0.15) is 11.8 Å². The van der Waals surface area contributed by atoms with Crippen LogP contribution < -0.4 is 15.8 Å². The number of amides is 1. The summed E-state index contributed by atoms with van der Waals surface area (Å²) in [4.78, 5) is 13.0. The highest BCUT2D eigenvalue weighted by atomic mass is 35.5. The van der Waals surface area contributed by atoms with E-state index in [9.17, 15) is 4.79 Å². The molecule has 0 spiro atoms. The lowest BCUT2D eigenvalue weighted by molar-refractivity contribution is -0.117. The van der Waals surface area contributed by atoms with Crippen LogP contribution in [0.25, 0.3) is 0 Å². The molecule has 1 unspecified atom stereocenters. The molecular formula is C14H15ClN2O2S. The van der Waals surface area contributed by atoms with E-state index in [0.717, 1.165) is 10.4 Å². The minimum absolute atomic E-state index is 0.285. The van der Waals surface area contributed by atoms with Gasteiger partial charge in [0.2, 0.25) is 5.91 Å². The molecule has 0 fully saturated rings. The predicted molar refractivity (Wildman–Crippen MR) is 82.6 cm³/mol. The van der Waals surface area contributed by atoms with Gasteiger partial charge in [-0.15, -0.1) is 11.3 Å². The van der Waals surface area contributed by atoms with Gasteiger partial charge in [-0.3, -0.25) is 4.79 Å². The summed E-state index contributed by atoms with van der Waals surface area (Å²) < 4.78 is 5.22. The standard InChI is InChI=1S/C14H15ClN2O2S/c1-8-6-10(11(19-2)7-9(8)15)17-14(18)13(16)12-4-3-5-20-12/h3-7,13H,16H2,1-2H3,(H,17,18). The van der Waals surface area contributed by atoms with Crippen LogP contribution in [0.2, 0.25) is 5.02 Å². The molecule has 1 aromatic carbocycles. The van der Waals surface area contributed by atoms with Gasteiger partial charge in [-0.2, -0.15) is 0 Å². The Balaban J connectivity index is 2.21. The first-order valence-electron chi connectivity index (χ1n) is 5.97. The summed E-state index contributed by atoms with van der Waals surface area (Å²) in [6, 6.07) is 6.43. The van der Waals surface area contributed by atoms with Gasteiger partial charge in [-0.05, 0) is 30.0 Å². The van der Waals surface area contributed by atoms with Crippen molar-refractivity contribution in [2.24, 2.45) is 5.73 Å². The quantitative estimate of drug-likeness (QED) is 0.910. The number of nitrogens with one attached hydrogen (secondary N) is 1. The van der Waals surface area contributed by atoms with E-state index in [-0.39, 0.29) is 5.91 Å². The number of rotatable bonds is 4. The molecule has 4 nitrogen and oxygen atoms in total. The number of nitrogens with two attached hydrogens (primary N) is 1. The number of benzene rings is 1. The van der Waals surface area contributed by atoms with Crippen LogP contribution in [0.5, 0.6) is 5.75 Å². The molecule has 20 heavy (non-hydrogen) atoms. The number of thiophene rings is 1. The Morgan fingerprint density at radius 3 is 2.85 bits per heavy atom. The summed E-state index contributed by atoms with van der Waals surface area (Å²) in [6.07, 6.45) is 0. The SMILES string of the molecule is COc1cc(Cl)c(C)cc1NC(=O)C(N)c1cccs1. The number of anilines is 1. The summed E-state index contributed by atoms with van der Waals surface area (Å²) in [5.41, 5.74) is 7.34. The maximum atomic E-state index is 12.2. The van der Waals surface area contributed by atoms with E-state index in [1.807, 2.05) is 24.4 Å². The summed E-state index contributed by atoms with van der Waals surface area (Å²) in [5.74, 6) is 0.222. The summed E-state index contributed by atoms with van der Waals surface area (Å²) in [6.45, 7) is 1.86. The van der Waals surface area contributed by atoms with Crippen molar-refractivity contribution in [3.8, 4) is 5.75 Å². The Kier molecular flexibility index (Phi) is 4.65. The molecule has 0 saturated heterocycles. The van der Waals surface area contributed by atoms with Gasteiger partial charge >= 0.3 is 0 Å². The fourth-order valence-electron chi connectivity index (χ4n) is 1.74. The Hall–Kier alpha value is -1.56.